The number of rotatable bonds is 5. The zero-order valence-corrected chi connectivity index (χ0v) is 14.3. The molecule has 0 bridgehead atoms. The summed E-state index contributed by atoms with van der Waals surface area (Å²) >= 11 is 0. The van der Waals surface area contributed by atoms with Gasteiger partial charge in [0.1, 0.15) is 0 Å². The van der Waals surface area contributed by atoms with Crippen LogP contribution in [-0.4, -0.2) is 20.1 Å². The highest BCUT2D eigenvalue weighted by atomic mass is 16.5. The van der Waals surface area contributed by atoms with Crippen LogP contribution in [0, 0.1) is 18.3 Å². The molecule has 1 amide bonds. The maximum atomic E-state index is 12.7. The minimum Gasteiger partial charge on any atom is -0.493 e. The summed E-state index contributed by atoms with van der Waals surface area (Å²) in [5.41, 5.74) is 3.40. The number of anilines is 1. The molecule has 0 saturated heterocycles. The molecule has 0 aliphatic heterocycles. The monoisotopic (exact) mass is 324 g/mol. The summed E-state index contributed by atoms with van der Waals surface area (Å²) in [7, 11) is 3.10. The van der Waals surface area contributed by atoms with E-state index < -0.39 is 0 Å². The molecule has 5 heteroatoms. The van der Waals surface area contributed by atoms with Crippen LogP contribution >= 0.6 is 0 Å². The zero-order valence-electron chi connectivity index (χ0n) is 14.3. The van der Waals surface area contributed by atoms with E-state index in [0.29, 0.717) is 34.7 Å². The molecule has 0 saturated carbocycles. The lowest BCUT2D eigenvalue weighted by Crippen LogP contribution is -2.15. The number of amides is 1. The molecule has 0 aromatic heterocycles. The molecule has 2 aromatic rings. The van der Waals surface area contributed by atoms with Crippen molar-refractivity contribution in [2.45, 2.75) is 20.3 Å². The van der Waals surface area contributed by atoms with Gasteiger partial charge in [0.05, 0.1) is 25.9 Å². The van der Waals surface area contributed by atoms with E-state index in [1.165, 1.54) is 7.11 Å². The SMILES string of the molecule is CCc1cc(OC)c(OC)cc1C(=O)Nc1cc(C#N)ccc1C. The molecule has 0 aliphatic rings. The van der Waals surface area contributed by atoms with E-state index in [0.717, 1.165) is 11.1 Å². The Morgan fingerprint density at radius 3 is 2.42 bits per heavy atom. The van der Waals surface area contributed by atoms with Crippen LogP contribution in [0.15, 0.2) is 30.3 Å². The van der Waals surface area contributed by atoms with Crippen molar-refractivity contribution < 1.29 is 14.3 Å². The first kappa shape index (κ1) is 17.4. The van der Waals surface area contributed by atoms with Crippen molar-refractivity contribution >= 4 is 11.6 Å². The molecule has 0 radical (unpaired) electrons. The molecule has 24 heavy (non-hydrogen) atoms. The summed E-state index contributed by atoms with van der Waals surface area (Å²) in [6.07, 6.45) is 0.681. The normalized spacial score (nSPS) is 9.96. The van der Waals surface area contributed by atoms with Gasteiger partial charge in [-0.25, -0.2) is 0 Å². The number of nitriles is 1. The van der Waals surface area contributed by atoms with E-state index in [-0.39, 0.29) is 5.91 Å². The standard InChI is InChI=1S/C19H20N2O3/c1-5-14-9-17(23-3)18(24-4)10-15(14)19(22)21-16-8-13(11-20)7-6-12(16)2/h6-10H,5H2,1-4H3,(H,21,22). The number of benzene rings is 2. The minimum absolute atomic E-state index is 0.244. The molecule has 124 valence electrons. The van der Waals surface area contributed by atoms with Crippen LogP contribution in [-0.2, 0) is 6.42 Å². The molecule has 1 N–H and O–H groups in total. The van der Waals surface area contributed by atoms with Crippen LogP contribution in [0.4, 0.5) is 5.69 Å². The highest BCUT2D eigenvalue weighted by Gasteiger charge is 2.17. The Balaban J connectivity index is 2.41. The van der Waals surface area contributed by atoms with Gasteiger partial charge in [-0.15, -0.1) is 0 Å². The van der Waals surface area contributed by atoms with Crippen molar-refractivity contribution in [1.29, 1.82) is 5.26 Å². The van der Waals surface area contributed by atoms with Gasteiger partial charge in [-0.3, -0.25) is 4.79 Å². The Morgan fingerprint density at radius 1 is 1.17 bits per heavy atom. The quantitative estimate of drug-likeness (QED) is 0.910. The van der Waals surface area contributed by atoms with Crippen LogP contribution < -0.4 is 14.8 Å². The van der Waals surface area contributed by atoms with Gasteiger partial charge in [0, 0.05) is 11.3 Å². The van der Waals surface area contributed by atoms with Gasteiger partial charge in [-0.05, 0) is 48.7 Å². The third-order valence-electron chi connectivity index (χ3n) is 3.85. The smallest absolute Gasteiger partial charge is 0.256 e. The molecule has 2 rings (SSSR count). The van der Waals surface area contributed by atoms with E-state index in [1.807, 2.05) is 26.0 Å². The summed E-state index contributed by atoms with van der Waals surface area (Å²) in [5.74, 6) is 0.849. The number of nitrogens with zero attached hydrogens (tertiary/aromatic N) is 1. The number of carbonyl (C=O) groups excluding carboxylic acids is 1. The largest absolute Gasteiger partial charge is 0.493 e. The topological polar surface area (TPSA) is 71.3 Å². The average Bonchev–Trinajstić information content (AvgIpc) is 2.62. The lowest BCUT2D eigenvalue weighted by atomic mass is 10.0. The zero-order chi connectivity index (χ0) is 17.7. The van der Waals surface area contributed by atoms with Crippen LogP contribution in [0.25, 0.3) is 0 Å². The molecular formula is C19H20N2O3. The maximum absolute atomic E-state index is 12.7. The van der Waals surface area contributed by atoms with Crippen LogP contribution in [0.2, 0.25) is 0 Å². The molecule has 0 atom stereocenters. The van der Waals surface area contributed by atoms with Crippen molar-refractivity contribution in [3.63, 3.8) is 0 Å². The highest BCUT2D eigenvalue weighted by molar-refractivity contribution is 6.06. The predicted octanol–water partition coefficient (Wildman–Crippen LogP) is 3.70. The average molecular weight is 324 g/mol. The summed E-state index contributed by atoms with van der Waals surface area (Å²) in [5, 5.41) is 11.9. The number of aryl methyl sites for hydroxylation is 2. The molecule has 0 spiro atoms. The van der Waals surface area contributed by atoms with E-state index in [9.17, 15) is 4.79 Å². The number of nitrogens with one attached hydrogen (secondary N) is 1. The van der Waals surface area contributed by atoms with Crippen LogP contribution in [0.1, 0.15) is 34.0 Å². The molecule has 0 aliphatic carbocycles. The molecule has 2 aromatic carbocycles. The van der Waals surface area contributed by atoms with Gasteiger partial charge in [0.2, 0.25) is 0 Å². The van der Waals surface area contributed by atoms with Crippen molar-refractivity contribution in [3.05, 3.63) is 52.6 Å². The fourth-order valence-corrected chi connectivity index (χ4v) is 2.44. The Hall–Kier alpha value is -3.00. The molecule has 0 fully saturated rings. The van der Waals surface area contributed by atoms with E-state index in [2.05, 4.69) is 11.4 Å². The van der Waals surface area contributed by atoms with E-state index in [4.69, 9.17) is 14.7 Å². The van der Waals surface area contributed by atoms with Crippen molar-refractivity contribution in [1.82, 2.24) is 0 Å². The first-order valence-electron chi connectivity index (χ1n) is 7.61. The van der Waals surface area contributed by atoms with Gasteiger partial charge in [-0.1, -0.05) is 13.0 Å². The van der Waals surface area contributed by atoms with Gasteiger partial charge >= 0.3 is 0 Å². The molecule has 5 nitrogen and oxygen atoms in total. The highest BCUT2D eigenvalue weighted by Crippen LogP contribution is 2.31. The fraction of sp³-hybridized carbons (Fsp3) is 0.263. The second kappa shape index (κ2) is 7.51. The molecule has 0 unspecified atom stereocenters. The van der Waals surface area contributed by atoms with Crippen molar-refractivity contribution in [2.75, 3.05) is 19.5 Å². The first-order chi connectivity index (χ1) is 11.5. The van der Waals surface area contributed by atoms with Crippen LogP contribution in [0.3, 0.4) is 0 Å². The minimum atomic E-state index is -0.244. The Bertz CT molecular complexity index is 807. The van der Waals surface area contributed by atoms with Gasteiger partial charge in [0.25, 0.3) is 5.91 Å². The summed E-state index contributed by atoms with van der Waals surface area (Å²) < 4.78 is 10.6. The Morgan fingerprint density at radius 2 is 1.83 bits per heavy atom. The van der Waals surface area contributed by atoms with Gasteiger partial charge in [-0.2, -0.15) is 5.26 Å². The third-order valence-corrected chi connectivity index (χ3v) is 3.85. The second-order valence-corrected chi connectivity index (χ2v) is 5.31. The van der Waals surface area contributed by atoms with Crippen molar-refractivity contribution in [3.8, 4) is 17.6 Å². The summed E-state index contributed by atoms with van der Waals surface area (Å²) in [4.78, 5) is 12.7. The number of hydrogen-bond donors (Lipinski definition) is 1. The fourth-order valence-electron chi connectivity index (χ4n) is 2.44. The molecular weight excluding hydrogens is 304 g/mol. The molecule has 0 heterocycles. The lowest BCUT2D eigenvalue weighted by Gasteiger charge is -2.15. The van der Waals surface area contributed by atoms with Crippen LogP contribution in [0.5, 0.6) is 11.5 Å². The lowest BCUT2D eigenvalue weighted by molar-refractivity contribution is 0.102. The first-order valence-corrected chi connectivity index (χ1v) is 7.61. The maximum Gasteiger partial charge on any atom is 0.256 e. The van der Waals surface area contributed by atoms with E-state index in [1.54, 1.807) is 25.3 Å². The number of hydrogen-bond acceptors (Lipinski definition) is 4. The van der Waals surface area contributed by atoms with E-state index >= 15 is 0 Å². The van der Waals surface area contributed by atoms with Crippen molar-refractivity contribution in [2.24, 2.45) is 0 Å². The number of ether oxygens (including phenoxy) is 2. The van der Waals surface area contributed by atoms with Gasteiger partial charge in [0.15, 0.2) is 11.5 Å². The second-order valence-electron chi connectivity index (χ2n) is 5.31. The summed E-state index contributed by atoms with van der Waals surface area (Å²) in [6.45, 7) is 3.85. The van der Waals surface area contributed by atoms with Gasteiger partial charge < -0.3 is 14.8 Å². The number of methoxy groups -OCH3 is 2. The third kappa shape index (κ3) is 3.49. The summed E-state index contributed by atoms with van der Waals surface area (Å²) in [6, 6.07) is 10.8. The predicted molar refractivity (Wildman–Crippen MR) is 92.8 cm³/mol. The Kier molecular flexibility index (Phi) is 5.43. The Labute approximate surface area is 141 Å². The number of carbonyl (C=O) groups is 1.